The van der Waals surface area contributed by atoms with Crippen molar-refractivity contribution in [3.05, 3.63) is 83.4 Å². The molecule has 7 N–H and O–H groups in total. The molecule has 0 unspecified atom stereocenters. The van der Waals surface area contributed by atoms with Crippen molar-refractivity contribution in [1.29, 1.82) is 0 Å². The van der Waals surface area contributed by atoms with Gasteiger partial charge in [-0.05, 0) is 73.9 Å². The molecule has 2 saturated heterocycles. The lowest BCUT2D eigenvalue weighted by molar-refractivity contribution is -0.277. The van der Waals surface area contributed by atoms with Crippen molar-refractivity contribution < 1.29 is 77.7 Å². The van der Waals surface area contributed by atoms with Gasteiger partial charge < -0.3 is 74.8 Å². The molecular formula is C48H60N6O16. The van der Waals surface area contributed by atoms with Crippen LogP contribution in [0.4, 0.5) is 0 Å². The largest absolute Gasteiger partial charge is 0.497 e. The van der Waals surface area contributed by atoms with Gasteiger partial charge in [0.1, 0.15) is 66.1 Å². The van der Waals surface area contributed by atoms with Gasteiger partial charge in [-0.2, -0.15) is 0 Å². The third-order valence-electron chi connectivity index (χ3n) is 12.6. The minimum atomic E-state index is -1.81. The fraction of sp³-hybridized carbons (Fsp3) is 0.479. The summed E-state index contributed by atoms with van der Waals surface area (Å²) < 4.78 is 29.0. The van der Waals surface area contributed by atoms with Crippen LogP contribution in [0.3, 0.4) is 0 Å². The molecule has 0 aliphatic carbocycles. The molecule has 7 rings (SSSR count). The second-order valence-corrected chi connectivity index (χ2v) is 17.6. The van der Waals surface area contributed by atoms with E-state index in [9.17, 15) is 49.2 Å². The zero-order chi connectivity index (χ0) is 51.3. The number of benzene rings is 3. The van der Waals surface area contributed by atoms with Crippen LogP contribution in [0.15, 0.2) is 66.7 Å². The van der Waals surface area contributed by atoms with Crippen LogP contribution < -0.4 is 30.2 Å². The Kier molecular flexibility index (Phi) is 16.7. The molecule has 22 heteroatoms. The Morgan fingerprint density at radius 1 is 0.729 bits per heavy atom. The highest BCUT2D eigenvalue weighted by atomic mass is 16.7. The van der Waals surface area contributed by atoms with Gasteiger partial charge in [-0.3, -0.25) is 33.6 Å². The number of likely N-dealkylation sites (N-methyl/N-ethyl adjacent to an activating group) is 3. The number of hydrogen-bond acceptors (Lipinski definition) is 16. The minimum Gasteiger partial charge on any atom is -0.497 e. The van der Waals surface area contributed by atoms with E-state index in [1.54, 1.807) is 48.5 Å². The van der Waals surface area contributed by atoms with Crippen molar-refractivity contribution in [3.63, 3.8) is 0 Å². The number of nitrogens with one attached hydrogen (secondary N) is 3. The molecule has 4 heterocycles. The number of aliphatic hydroxyl groups is 4. The number of esters is 1. The Labute approximate surface area is 403 Å². The average Bonchev–Trinajstić information content (AvgIpc) is 3.33. The lowest BCUT2D eigenvalue weighted by Gasteiger charge is -2.40. The van der Waals surface area contributed by atoms with E-state index in [1.807, 2.05) is 0 Å². The number of ether oxygens (including phenoxy) is 5. The first-order chi connectivity index (χ1) is 33.1. The molecule has 4 aliphatic rings. The summed E-state index contributed by atoms with van der Waals surface area (Å²) in [6, 6.07) is 8.83. The van der Waals surface area contributed by atoms with Crippen LogP contribution in [0.1, 0.15) is 50.5 Å². The van der Waals surface area contributed by atoms with Gasteiger partial charge in [0.15, 0.2) is 23.6 Å². The molecule has 6 amide bonds. The summed E-state index contributed by atoms with van der Waals surface area (Å²) in [7, 11) is 5.50. The minimum absolute atomic E-state index is 0.00601. The predicted molar refractivity (Wildman–Crippen MR) is 245 cm³/mol. The summed E-state index contributed by atoms with van der Waals surface area (Å²) in [5.41, 5.74) is 1.17. The van der Waals surface area contributed by atoms with E-state index in [1.165, 1.54) is 67.2 Å². The molecule has 0 spiro atoms. The smallest absolute Gasteiger partial charge is 0.303 e. The summed E-state index contributed by atoms with van der Waals surface area (Å²) in [5.74, 6) is -5.16. The van der Waals surface area contributed by atoms with E-state index in [0.717, 1.165) is 21.6 Å². The number of rotatable bonds is 7. The standard InChI is InChI=1S/C48H60N6O16/c1-23-42(60)50-24(2)45(63)52(5)32(19-27-9-14-30(66-8)15-10-27)43(61)51-25(3)46(64)53(6)33-20-28-11-16-31(17-12-28)68-35-21-29(41(67-26(4)56)37(44(62)49-23)54(7)47(33)65)13-18-34(35)69-48-40(59)39(58)38(57)36(22-55)70-48/h9-18,21,23-25,32-33,36-41,48,55,57-59H,19-20,22H2,1-8H3,(H,49,62)(H,50,60)(H,51,61)/t23-,24-,25+,32-,33-,36-,37+,38-,39+,40-,41-,48-/m0/s1. The first kappa shape index (κ1) is 52.5. The molecule has 3 aromatic carbocycles. The summed E-state index contributed by atoms with van der Waals surface area (Å²) in [6.07, 6.45) is -10.1. The maximum Gasteiger partial charge on any atom is 0.303 e. The third-order valence-corrected chi connectivity index (χ3v) is 12.6. The lowest BCUT2D eigenvalue weighted by atomic mass is 9.96. The Balaban J connectivity index is 1.46. The summed E-state index contributed by atoms with van der Waals surface area (Å²) in [6.45, 7) is 4.48. The van der Waals surface area contributed by atoms with Gasteiger partial charge in [0, 0.05) is 40.9 Å². The molecule has 6 bridgehead atoms. The van der Waals surface area contributed by atoms with E-state index in [0.29, 0.717) is 16.9 Å². The average molecular weight is 977 g/mol. The fourth-order valence-corrected chi connectivity index (χ4v) is 8.43. The number of hydrogen-bond donors (Lipinski definition) is 7. The van der Waals surface area contributed by atoms with E-state index >= 15 is 4.79 Å². The highest BCUT2D eigenvalue weighted by Crippen LogP contribution is 2.39. The van der Waals surface area contributed by atoms with Gasteiger partial charge in [0.25, 0.3) is 0 Å². The normalized spacial score (nSPS) is 29.5. The first-order valence-corrected chi connectivity index (χ1v) is 22.5. The van der Waals surface area contributed by atoms with Crippen LogP contribution in [-0.2, 0) is 55.9 Å². The van der Waals surface area contributed by atoms with Gasteiger partial charge in [-0.25, -0.2) is 0 Å². The number of methoxy groups -OCH3 is 1. The topological polar surface area (TPSA) is 292 Å². The van der Waals surface area contributed by atoms with Crippen LogP contribution in [0.25, 0.3) is 0 Å². The van der Waals surface area contributed by atoms with Crippen LogP contribution >= 0.6 is 0 Å². The molecule has 22 nitrogen and oxygen atoms in total. The van der Waals surface area contributed by atoms with Gasteiger partial charge >= 0.3 is 5.97 Å². The zero-order valence-electron chi connectivity index (χ0n) is 39.9. The molecule has 0 radical (unpaired) electrons. The predicted octanol–water partition coefficient (Wildman–Crippen LogP) is -0.922. The van der Waals surface area contributed by atoms with E-state index < -0.39 is 121 Å². The van der Waals surface area contributed by atoms with Crippen LogP contribution in [0.2, 0.25) is 0 Å². The molecule has 4 aliphatic heterocycles. The zero-order valence-corrected chi connectivity index (χ0v) is 39.9. The van der Waals surface area contributed by atoms with Gasteiger partial charge in [-0.1, -0.05) is 30.3 Å². The van der Waals surface area contributed by atoms with Crippen LogP contribution in [0.5, 0.6) is 23.0 Å². The number of carbonyl (C=O) groups excluding carboxylic acids is 7. The Bertz CT molecular complexity index is 2420. The highest BCUT2D eigenvalue weighted by molar-refractivity contribution is 5.98. The molecule has 3 aromatic rings. The van der Waals surface area contributed by atoms with E-state index in [4.69, 9.17) is 23.7 Å². The Morgan fingerprint density at radius 2 is 1.34 bits per heavy atom. The van der Waals surface area contributed by atoms with Crippen molar-refractivity contribution in [2.45, 2.75) is 114 Å². The molecule has 378 valence electrons. The second-order valence-electron chi connectivity index (χ2n) is 17.6. The molecule has 70 heavy (non-hydrogen) atoms. The highest BCUT2D eigenvalue weighted by Gasteiger charge is 2.46. The number of aliphatic hydroxyl groups excluding tert-OH is 4. The fourth-order valence-electron chi connectivity index (χ4n) is 8.43. The van der Waals surface area contributed by atoms with E-state index in [2.05, 4.69) is 16.0 Å². The third kappa shape index (κ3) is 11.6. The maximum absolute atomic E-state index is 15.2. The van der Waals surface area contributed by atoms with Crippen molar-refractivity contribution in [2.75, 3.05) is 34.9 Å². The maximum atomic E-state index is 15.2. The SMILES string of the molecule is COc1ccc(C[C@H]2C(=O)N[C@H](C)C(=O)N(C)[C@H]3Cc4ccc(cc4)Oc4cc(ccc4O[C@H]4O[C@@H](CO)[C@H](O)[C@@H](O)[C@@H]4O)[C@H](OC(C)=O)[C@H](C(=O)N[C@@H](C)C(=O)N[C@@H](C)C(=O)N2C)N(C)C3=O)cc1. The summed E-state index contributed by atoms with van der Waals surface area (Å²) in [4.78, 5) is 103. The van der Waals surface area contributed by atoms with Gasteiger partial charge in [-0.15, -0.1) is 0 Å². The molecule has 0 aromatic heterocycles. The number of carbonyl (C=O) groups is 7. The van der Waals surface area contributed by atoms with Gasteiger partial charge in [0.2, 0.25) is 41.7 Å². The molecule has 12 atom stereocenters. The number of nitrogens with zero attached hydrogens (tertiary/aromatic N) is 3. The molecule has 2 fully saturated rings. The quantitative estimate of drug-likeness (QED) is 0.141. The van der Waals surface area contributed by atoms with Crippen LogP contribution in [-0.4, -0.2) is 178 Å². The second kappa shape index (κ2) is 22.3. The van der Waals surface area contributed by atoms with E-state index in [-0.39, 0.29) is 35.7 Å². The van der Waals surface area contributed by atoms with Crippen molar-refractivity contribution in [1.82, 2.24) is 30.7 Å². The van der Waals surface area contributed by atoms with Crippen molar-refractivity contribution in [2.24, 2.45) is 0 Å². The molecular weight excluding hydrogens is 917 g/mol. The lowest BCUT2D eigenvalue weighted by Crippen LogP contribution is -2.62. The molecule has 0 saturated carbocycles. The van der Waals surface area contributed by atoms with Gasteiger partial charge in [0.05, 0.1) is 13.7 Å². The Hall–Kier alpha value is -6.85. The monoisotopic (exact) mass is 976 g/mol. The van der Waals surface area contributed by atoms with Crippen molar-refractivity contribution >= 4 is 41.4 Å². The number of amides is 6. The van der Waals surface area contributed by atoms with Crippen molar-refractivity contribution in [3.8, 4) is 23.0 Å². The number of fused-ring (bicyclic) bond motifs is 2. The van der Waals surface area contributed by atoms with Crippen LogP contribution in [0, 0.1) is 0 Å². The first-order valence-electron chi connectivity index (χ1n) is 22.5. The summed E-state index contributed by atoms with van der Waals surface area (Å²) in [5, 5.41) is 49.3. The Morgan fingerprint density at radius 3 is 1.96 bits per heavy atom. The summed E-state index contributed by atoms with van der Waals surface area (Å²) >= 11 is 0.